The molecule has 1 amide bonds. The second-order valence-corrected chi connectivity index (χ2v) is 16.8. The smallest absolute Gasteiger partial charge is 0.305 e. The zero-order valence-corrected chi connectivity index (χ0v) is 37.8. The molecule has 0 aliphatic rings. The fourth-order valence-electron chi connectivity index (χ4n) is 7.30. The van der Waals surface area contributed by atoms with Crippen LogP contribution in [0.2, 0.25) is 0 Å². The number of amides is 1. The molecule has 6 nitrogen and oxygen atoms in total. The minimum absolute atomic E-state index is 0.0223. The quantitative estimate of drug-likeness (QED) is 0.0324. The average molecular weight is 802 g/mol. The van der Waals surface area contributed by atoms with Crippen LogP contribution >= 0.6 is 0 Å². The van der Waals surface area contributed by atoms with Crippen molar-refractivity contribution in [3.63, 3.8) is 0 Å². The van der Waals surface area contributed by atoms with Crippen LogP contribution in [0.15, 0.2) is 36.5 Å². The molecule has 3 N–H and O–H groups in total. The Hall–Kier alpha value is -1.92. The van der Waals surface area contributed by atoms with Gasteiger partial charge in [-0.05, 0) is 57.8 Å². The van der Waals surface area contributed by atoms with Crippen molar-refractivity contribution < 1.29 is 24.5 Å². The van der Waals surface area contributed by atoms with E-state index in [9.17, 15) is 19.8 Å². The van der Waals surface area contributed by atoms with Crippen molar-refractivity contribution in [2.24, 2.45) is 0 Å². The SMILES string of the molecule is CCCC/C=C\C/C=C\CCCCCCCC(=O)OCCCCCCCCCCCCCCCC(=O)NC(CO)C(O)/C=C/CCCCCCCCCCCCC. The third-order valence-electron chi connectivity index (χ3n) is 11.2. The van der Waals surface area contributed by atoms with Gasteiger partial charge in [0.1, 0.15) is 0 Å². The molecule has 0 aliphatic heterocycles. The molecular weight excluding hydrogens is 707 g/mol. The van der Waals surface area contributed by atoms with E-state index in [1.807, 2.05) is 6.08 Å². The first-order valence-corrected chi connectivity index (χ1v) is 24.8. The summed E-state index contributed by atoms with van der Waals surface area (Å²) in [5.41, 5.74) is 0. The Kier molecular flexibility index (Phi) is 45.2. The van der Waals surface area contributed by atoms with Crippen LogP contribution in [-0.2, 0) is 14.3 Å². The predicted octanol–water partition coefficient (Wildman–Crippen LogP) is 14.5. The molecule has 2 atom stereocenters. The van der Waals surface area contributed by atoms with Crippen LogP contribution in [0.3, 0.4) is 0 Å². The molecular formula is C51H95NO5. The summed E-state index contributed by atoms with van der Waals surface area (Å²) in [6, 6.07) is -0.637. The van der Waals surface area contributed by atoms with Crippen molar-refractivity contribution in [3.05, 3.63) is 36.5 Å². The molecule has 0 aromatic carbocycles. The number of esters is 1. The Bertz CT molecular complexity index is 931. The molecule has 6 heteroatoms. The maximum atomic E-state index is 12.4. The normalized spacial score (nSPS) is 13.0. The summed E-state index contributed by atoms with van der Waals surface area (Å²) < 4.78 is 5.45. The zero-order chi connectivity index (χ0) is 41.5. The van der Waals surface area contributed by atoms with Gasteiger partial charge in [-0.3, -0.25) is 9.59 Å². The lowest BCUT2D eigenvalue weighted by Crippen LogP contribution is -2.45. The van der Waals surface area contributed by atoms with Crippen LogP contribution in [0.25, 0.3) is 0 Å². The number of carbonyl (C=O) groups is 2. The van der Waals surface area contributed by atoms with Crippen LogP contribution in [0.4, 0.5) is 0 Å². The molecule has 0 heterocycles. The first kappa shape index (κ1) is 55.1. The number of hydrogen-bond acceptors (Lipinski definition) is 5. The highest BCUT2D eigenvalue weighted by Crippen LogP contribution is 2.15. The molecule has 0 saturated carbocycles. The molecule has 334 valence electrons. The van der Waals surface area contributed by atoms with E-state index < -0.39 is 12.1 Å². The number of carbonyl (C=O) groups excluding carboxylic acids is 2. The van der Waals surface area contributed by atoms with Crippen LogP contribution in [0.5, 0.6) is 0 Å². The minimum Gasteiger partial charge on any atom is -0.466 e. The standard InChI is InChI=1S/C51H95NO5/c1-3-5-7-9-11-13-15-17-21-25-29-33-37-41-45-51(56)57-46-42-38-34-30-26-22-18-20-24-28-32-36-40-44-50(55)52-48(47-53)49(54)43-39-35-31-27-23-19-16-14-12-10-8-6-4-2/h9,11,15,17,39,43,48-49,53-54H,3-8,10,12-14,16,18-38,40-42,44-47H2,1-2H3,(H,52,55)/b11-9-,17-15-,43-39+. The Balaban J connectivity index is 3.50. The second-order valence-electron chi connectivity index (χ2n) is 16.8. The van der Waals surface area contributed by atoms with Crippen LogP contribution in [0, 0.1) is 0 Å². The summed E-state index contributed by atoms with van der Waals surface area (Å²) in [5, 5.41) is 23.0. The highest BCUT2D eigenvalue weighted by atomic mass is 16.5. The van der Waals surface area contributed by atoms with Crippen LogP contribution in [-0.4, -0.2) is 47.4 Å². The molecule has 57 heavy (non-hydrogen) atoms. The van der Waals surface area contributed by atoms with E-state index >= 15 is 0 Å². The van der Waals surface area contributed by atoms with Gasteiger partial charge in [-0.25, -0.2) is 0 Å². The van der Waals surface area contributed by atoms with Crippen molar-refractivity contribution in [1.29, 1.82) is 0 Å². The van der Waals surface area contributed by atoms with Gasteiger partial charge in [0.15, 0.2) is 0 Å². The van der Waals surface area contributed by atoms with E-state index in [0.717, 1.165) is 70.6 Å². The lowest BCUT2D eigenvalue weighted by Gasteiger charge is -2.20. The fraction of sp³-hybridized carbons (Fsp3) is 0.843. The summed E-state index contributed by atoms with van der Waals surface area (Å²) in [4.78, 5) is 24.4. The second kappa shape index (κ2) is 46.8. The number of aliphatic hydroxyl groups is 2. The summed E-state index contributed by atoms with van der Waals surface area (Å²) in [6.45, 7) is 4.81. The molecule has 0 radical (unpaired) electrons. The number of rotatable bonds is 45. The monoisotopic (exact) mass is 802 g/mol. The van der Waals surface area contributed by atoms with E-state index in [1.54, 1.807) is 6.08 Å². The van der Waals surface area contributed by atoms with Gasteiger partial charge in [-0.15, -0.1) is 0 Å². The van der Waals surface area contributed by atoms with Gasteiger partial charge in [0.25, 0.3) is 0 Å². The Morgan fingerprint density at radius 3 is 1.39 bits per heavy atom. The van der Waals surface area contributed by atoms with Gasteiger partial charge in [0.2, 0.25) is 5.91 Å². The first-order valence-electron chi connectivity index (χ1n) is 24.8. The Morgan fingerprint density at radius 1 is 0.491 bits per heavy atom. The lowest BCUT2D eigenvalue weighted by atomic mass is 10.0. The van der Waals surface area contributed by atoms with Crippen molar-refractivity contribution >= 4 is 11.9 Å². The molecule has 0 aromatic heterocycles. The Morgan fingerprint density at radius 2 is 0.895 bits per heavy atom. The third kappa shape index (κ3) is 43.5. The number of ether oxygens (including phenoxy) is 1. The van der Waals surface area contributed by atoms with Crippen LogP contribution < -0.4 is 5.32 Å². The minimum atomic E-state index is -0.853. The maximum Gasteiger partial charge on any atom is 0.305 e. The topological polar surface area (TPSA) is 95.9 Å². The highest BCUT2D eigenvalue weighted by Gasteiger charge is 2.18. The van der Waals surface area contributed by atoms with Crippen molar-refractivity contribution in [3.8, 4) is 0 Å². The molecule has 0 aromatic rings. The summed E-state index contributed by atoms with van der Waals surface area (Å²) in [5.74, 6) is -0.105. The van der Waals surface area contributed by atoms with E-state index in [2.05, 4.69) is 43.5 Å². The fourth-order valence-corrected chi connectivity index (χ4v) is 7.30. The van der Waals surface area contributed by atoms with Gasteiger partial charge in [0, 0.05) is 12.8 Å². The van der Waals surface area contributed by atoms with Crippen LogP contribution in [0.1, 0.15) is 251 Å². The van der Waals surface area contributed by atoms with Gasteiger partial charge < -0.3 is 20.3 Å². The summed E-state index contributed by atoms with van der Waals surface area (Å²) in [7, 11) is 0. The number of nitrogens with one attached hydrogen (secondary N) is 1. The van der Waals surface area contributed by atoms with Gasteiger partial charge in [0.05, 0.1) is 25.4 Å². The predicted molar refractivity (Wildman–Crippen MR) is 246 cm³/mol. The molecule has 2 unspecified atom stereocenters. The third-order valence-corrected chi connectivity index (χ3v) is 11.2. The highest BCUT2D eigenvalue weighted by molar-refractivity contribution is 5.76. The average Bonchev–Trinajstić information content (AvgIpc) is 3.21. The lowest BCUT2D eigenvalue weighted by molar-refractivity contribution is -0.143. The van der Waals surface area contributed by atoms with E-state index in [0.29, 0.717) is 19.4 Å². The van der Waals surface area contributed by atoms with Crippen molar-refractivity contribution in [2.45, 2.75) is 264 Å². The van der Waals surface area contributed by atoms with E-state index in [-0.39, 0.29) is 18.5 Å². The van der Waals surface area contributed by atoms with Gasteiger partial charge >= 0.3 is 5.97 Å². The summed E-state index contributed by atoms with van der Waals surface area (Å²) >= 11 is 0. The maximum absolute atomic E-state index is 12.4. The summed E-state index contributed by atoms with van der Waals surface area (Å²) in [6.07, 6.45) is 55.6. The number of allylic oxidation sites excluding steroid dienone is 5. The molecule has 0 aliphatic carbocycles. The number of hydrogen-bond donors (Lipinski definition) is 3. The van der Waals surface area contributed by atoms with E-state index in [1.165, 1.54) is 154 Å². The van der Waals surface area contributed by atoms with Gasteiger partial charge in [-0.2, -0.15) is 0 Å². The molecule has 0 spiro atoms. The van der Waals surface area contributed by atoms with Crippen molar-refractivity contribution in [1.82, 2.24) is 5.32 Å². The molecule has 0 bridgehead atoms. The first-order chi connectivity index (χ1) is 28.0. The van der Waals surface area contributed by atoms with Gasteiger partial charge in [-0.1, -0.05) is 217 Å². The number of aliphatic hydroxyl groups excluding tert-OH is 2. The largest absolute Gasteiger partial charge is 0.466 e. The molecule has 0 saturated heterocycles. The van der Waals surface area contributed by atoms with E-state index in [4.69, 9.17) is 4.74 Å². The zero-order valence-electron chi connectivity index (χ0n) is 37.8. The molecule has 0 rings (SSSR count). The number of unbranched alkanes of at least 4 members (excludes halogenated alkanes) is 30. The van der Waals surface area contributed by atoms with Crippen molar-refractivity contribution in [2.75, 3.05) is 13.2 Å². The molecule has 0 fully saturated rings. The Labute approximate surface area is 353 Å².